The van der Waals surface area contributed by atoms with Crippen molar-refractivity contribution in [3.8, 4) is 0 Å². The van der Waals surface area contributed by atoms with Crippen molar-refractivity contribution in [2.75, 3.05) is 12.9 Å². The molecule has 0 fully saturated rings. The Hall–Kier alpha value is -0.590. The maximum Gasteiger partial charge on any atom is 0.243 e. The van der Waals surface area contributed by atoms with E-state index < -0.39 is 10.0 Å². The van der Waals surface area contributed by atoms with Crippen LogP contribution in [0.15, 0.2) is 4.90 Å². The van der Waals surface area contributed by atoms with Crippen LogP contribution in [0.1, 0.15) is 17.8 Å². The molecular formula is C9H16ClN3O2S. The van der Waals surface area contributed by atoms with E-state index in [1.807, 2.05) is 0 Å². The third kappa shape index (κ3) is 2.56. The molecule has 92 valence electrons. The van der Waals surface area contributed by atoms with E-state index in [9.17, 15) is 8.42 Å². The van der Waals surface area contributed by atoms with Crippen molar-refractivity contribution in [3.05, 3.63) is 11.4 Å². The van der Waals surface area contributed by atoms with Crippen LogP contribution in [0, 0.1) is 13.8 Å². The standard InChI is InChI=1S/C9H16ClN3O2S/c1-7-9(16(14,15)11-3)8(2)13(12-7)6-4-5-10/h11H,4-6H2,1-3H3. The predicted molar refractivity (Wildman–Crippen MR) is 63.3 cm³/mol. The second-order valence-electron chi connectivity index (χ2n) is 3.47. The Morgan fingerprint density at radius 1 is 1.44 bits per heavy atom. The van der Waals surface area contributed by atoms with Crippen molar-refractivity contribution in [2.45, 2.75) is 31.7 Å². The van der Waals surface area contributed by atoms with Gasteiger partial charge in [-0.3, -0.25) is 4.68 Å². The van der Waals surface area contributed by atoms with Crippen molar-refractivity contribution in [2.24, 2.45) is 0 Å². The Kier molecular flexibility index (Phi) is 4.35. The SMILES string of the molecule is CNS(=O)(=O)c1c(C)nn(CCCCl)c1C. The van der Waals surface area contributed by atoms with Gasteiger partial charge in [-0.1, -0.05) is 0 Å². The molecule has 0 spiro atoms. The van der Waals surface area contributed by atoms with Crippen LogP contribution in [-0.4, -0.2) is 31.1 Å². The molecule has 0 aliphatic heterocycles. The number of hydrogen-bond acceptors (Lipinski definition) is 3. The van der Waals surface area contributed by atoms with Crippen LogP contribution in [0.25, 0.3) is 0 Å². The van der Waals surface area contributed by atoms with Gasteiger partial charge in [0.2, 0.25) is 10.0 Å². The van der Waals surface area contributed by atoms with Crippen LogP contribution in [0.5, 0.6) is 0 Å². The maximum absolute atomic E-state index is 11.7. The number of alkyl halides is 1. The first kappa shape index (κ1) is 13.5. The third-order valence-electron chi connectivity index (χ3n) is 2.36. The normalized spacial score (nSPS) is 12.0. The number of rotatable bonds is 5. The van der Waals surface area contributed by atoms with Gasteiger partial charge in [-0.15, -0.1) is 11.6 Å². The lowest BCUT2D eigenvalue weighted by Crippen LogP contribution is -2.20. The van der Waals surface area contributed by atoms with E-state index in [1.165, 1.54) is 7.05 Å². The van der Waals surface area contributed by atoms with E-state index in [-0.39, 0.29) is 4.90 Å². The van der Waals surface area contributed by atoms with Gasteiger partial charge >= 0.3 is 0 Å². The minimum absolute atomic E-state index is 0.268. The Balaban J connectivity index is 3.17. The van der Waals surface area contributed by atoms with Crippen LogP contribution < -0.4 is 4.72 Å². The van der Waals surface area contributed by atoms with Gasteiger partial charge in [0.25, 0.3) is 0 Å². The van der Waals surface area contributed by atoms with Crippen molar-refractivity contribution in [1.29, 1.82) is 0 Å². The Labute approximate surface area is 101 Å². The highest BCUT2D eigenvalue weighted by Crippen LogP contribution is 2.19. The lowest BCUT2D eigenvalue weighted by molar-refractivity contribution is 0.577. The number of aryl methyl sites for hydroxylation is 2. The van der Waals surface area contributed by atoms with Gasteiger partial charge < -0.3 is 0 Å². The van der Waals surface area contributed by atoms with Crippen molar-refractivity contribution in [1.82, 2.24) is 14.5 Å². The zero-order chi connectivity index (χ0) is 12.3. The summed E-state index contributed by atoms with van der Waals surface area (Å²) in [6.45, 7) is 4.07. The molecule has 7 heteroatoms. The molecular weight excluding hydrogens is 250 g/mol. The fourth-order valence-electron chi connectivity index (χ4n) is 1.60. The Bertz CT molecular complexity index is 467. The summed E-state index contributed by atoms with van der Waals surface area (Å²) in [4.78, 5) is 0.268. The van der Waals surface area contributed by atoms with Crippen LogP contribution in [-0.2, 0) is 16.6 Å². The molecule has 1 rings (SSSR count). The molecule has 5 nitrogen and oxygen atoms in total. The van der Waals surface area contributed by atoms with Gasteiger partial charge in [0.15, 0.2) is 0 Å². The summed E-state index contributed by atoms with van der Waals surface area (Å²) in [5, 5.41) is 4.20. The molecule has 1 aromatic heterocycles. The van der Waals surface area contributed by atoms with Crippen molar-refractivity contribution < 1.29 is 8.42 Å². The second-order valence-corrected chi connectivity index (χ2v) is 5.67. The molecule has 0 saturated heterocycles. The van der Waals surface area contributed by atoms with E-state index in [2.05, 4.69) is 9.82 Å². The van der Waals surface area contributed by atoms with E-state index in [1.54, 1.807) is 18.5 Å². The summed E-state index contributed by atoms with van der Waals surface area (Å²) in [6.07, 6.45) is 0.766. The molecule has 0 amide bonds. The molecule has 0 saturated carbocycles. The van der Waals surface area contributed by atoms with Gasteiger partial charge in [-0.25, -0.2) is 13.1 Å². The smallest absolute Gasteiger partial charge is 0.243 e. The van der Waals surface area contributed by atoms with Crippen LogP contribution >= 0.6 is 11.6 Å². The zero-order valence-electron chi connectivity index (χ0n) is 9.62. The minimum Gasteiger partial charge on any atom is -0.268 e. The van der Waals surface area contributed by atoms with E-state index in [0.29, 0.717) is 23.8 Å². The first-order valence-electron chi connectivity index (χ1n) is 4.97. The molecule has 1 heterocycles. The number of halogens is 1. The third-order valence-corrected chi connectivity index (χ3v) is 4.29. The lowest BCUT2D eigenvalue weighted by Gasteiger charge is -2.04. The van der Waals surface area contributed by atoms with Crippen LogP contribution in [0.3, 0.4) is 0 Å². The number of nitrogens with one attached hydrogen (secondary N) is 1. The van der Waals surface area contributed by atoms with Gasteiger partial charge in [0.05, 0.1) is 11.4 Å². The topological polar surface area (TPSA) is 64.0 Å². The largest absolute Gasteiger partial charge is 0.268 e. The summed E-state index contributed by atoms with van der Waals surface area (Å²) < 4.78 is 27.5. The fraction of sp³-hybridized carbons (Fsp3) is 0.667. The highest BCUT2D eigenvalue weighted by molar-refractivity contribution is 7.89. The lowest BCUT2D eigenvalue weighted by atomic mass is 10.4. The molecule has 16 heavy (non-hydrogen) atoms. The molecule has 1 aromatic rings. The number of hydrogen-bond donors (Lipinski definition) is 1. The highest BCUT2D eigenvalue weighted by Gasteiger charge is 2.22. The highest BCUT2D eigenvalue weighted by atomic mass is 35.5. The van der Waals surface area contributed by atoms with Gasteiger partial charge in [0, 0.05) is 12.4 Å². The van der Waals surface area contributed by atoms with Crippen molar-refractivity contribution in [3.63, 3.8) is 0 Å². The number of nitrogens with zero attached hydrogens (tertiary/aromatic N) is 2. The monoisotopic (exact) mass is 265 g/mol. The van der Waals surface area contributed by atoms with E-state index in [4.69, 9.17) is 11.6 Å². The Morgan fingerprint density at radius 2 is 2.06 bits per heavy atom. The second kappa shape index (κ2) is 5.16. The predicted octanol–water partition coefficient (Wildman–Crippen LogP) is 1.04. The first-order valence-corrected chi connectivity index (χ1v) is 6.99. The summed E-state index contributed by atoms with van der Waals surface area (Å²) in [5.41, 5.74) is 1.17. The molecule has 0 aliphatic carbocycles. The molecule has 0 unspecified atom stereocenters. The summed E-state index contributed by atoms with van der Waals surface area (Å²) >= 11 is 5.60. The zero-order valence-corrected chi connectivity index (χ0v) is 11.2. The van der Waals surface area contributed by atoms with Gasteiger partial charge in [-0.2, -0.15) is 5.10 Å². The minimum atomic E-state index is -3.43. The molecule has 0 aliphatic rings. The summed E-state index contributed by atoms with van der Waals surface area (Å²) in [5.74, 6) is 0.534. The Morgan fingerprint density at radius 3 is 2.56 bits per heavy atom. The van der Waals surface area contributed by atoms with Gasteiger partial charge in [0.1, 0.15) is 4.90 Å². The van der Waals surface area contributed by atoms with E-state index in [0.717, 1.165) is 6.42 Å². The van der Waals surface area contributed by atoms with Crippen LogP contribution in [0.4, 0.5) is 0 Å². The van der Waals surface area contributed by atoms with Crippen LogP contribution in [0.2, 0.25) is 0 Å². The number of sulfonamides is 1. The fourth-order valence-corrected chi connectivity index (χ4v) is 2.85. The molecule has 1 N–H and O–H groups in total. The summed E-state index contributed by atoms with van der Waals surface area (Å²) in [7, 11) is -2.04. The maximum atomic E-state index is 11.7. The van der Waals surface area contributed by atoms with E-state index >= 15 is 0 Å². The number of aromatic nitrogens is 2. The molecule has 0 aromatic carbocycles. The van der Waals surface area contributed by atoms with Gasteiger partial charge in [-0.05, 0) is 27.3 Å². The molecule has 0 bridgehead atoms. The molecule has 0 atom stereocenters. The summed E-state index contributed by atoms with van der Waals surface area (Å²) in [6, 6.07) is 0. The molecule has 0 radical (unpaired) electrons. The van der Waals surface area contributed by atoms with Crippen molar-refractivity contribution >= 4 is 21.6 Å². The average Bonchev–Trinajstić information content (AvgIpc) is 2.51. The average molecular weight is 266 g/mol. The quantitative estimate of drug-likeness (QED) is 0.809. The first-order chi connectivity index (χ1) is 7.44.